The van der Waals surface area contributed by atoms with Crippen LogP contribution in [0.4, 0.5) is 5.69 Å². The van der Waals surface area contributed by atoms with Gasteiger partial charge in [-0.15, -0.1) is 0 Å². The number of ether oxygens (including phenoxy) is 1. The maximum Gasteiger partial charge on any atom is 0.300 e. The summed E-state index contributed by atoms with van der Waals surface area (Å²) >= 11 is 0. The van der Waals surface area contributed by atoms with Gasteiger partial charge in [0.1, 0.15) is 17.6 Å². The number of carbonyl (C=O) groups is 2. The van der Waals surface area contributed by atoms with Crippen molar-refractivity contribution in [2.45, 2.75) is 26.3 Å². The minimum atomic E-state index is -0.862. The highest BCUT2D eigenvalue weighted by atomic mass is 16.5. The zero-order valence-corrected chi connectivity index (χ0v) is 18.0. The van der Waals surface area contributed by atoms with Gasteiger partial charge in [0.2, 0.25) is 0 Å². The monoisotopic (exact) mass is 428 g/mol. The standard InChI is InChI=1S/C26H24N2O4/c1-3-17-11-13-18(14-12-17)24(29)22-23(21-10-5-6-15-27-21)28(26(31)25(22)30)19-8-7-9-20(16-19)32-4-2/h5-16,23,29H,3-4H2,1-2H3/b24-22+. The second kappa shape index (κ2) is 9.06. The number of ketones is 1. The molecule has 0 spiro atoms. The van der Waals surface area contributed by atoms with E-state index in [0.29, 0.717) is 29.3 Å². The van der Waals surface area contributed by atoms with Crippen molar-refractivity contribution in [1.29, 1.82) is 0 Å². The third-order valence-corrected chi connectivity index (χ3v) is 5.45. The molecule has 6 heteroatoms. The number of carbonyl (C=O) groups excluding carboxylic acids is 2. The fourth-order valence-corrected chi connectivity index (χ4v) is 3.86. The van der Waals surface area contributed by atoms with Crippen molar-refractivity contribution in [3.63, 3.8) is 0 Å². The molecule has 0 bridgehead atoms. The molecule has 0 aliphatic carbocycles. The summed E-state index contributed by atoms with van der Waals surface area (Å²) in [6, 6.07) is 18.7. The molecule has 1 saturated heterocycles. The molecule has 32 heavy (non-hydrogen) atoms. The average Bonchev–Trinajstić information content (AvgIpc) is 3.10. The first-order valence-corrected chi connectivity index (χ1v) is 10.6. The van der Waals surface area contributed by atoms with Gasteiger partial charge in [0, 0.05) is 23.5 Å². The molecular weight excluding hydrogens is 404 g/mol. The van der Waals surface area contributed by atoms with Crippen molar-refractivity contribution in [3.8, 4) is 5.75 Å². The minimum Gasteiger partial charge on any atom is -0.507 e. The van der Waals surface area contributed by atoms with E-state index in [1.165, 1.54) is 4.90 Å². The van der Waals surface area contributed by atoms with Gasteiger partial charge in [-0.2, -0.15) is 0 Å². The van der Waals surface area contributed by atoms with E-state index in [1.54, 1.807) is 60.8 Å². The fraction of sp³-hybridized carbons (Fsp3) is 0.192. The summed E-state index contributed by atoms with van der Waals surface area (Å²) in [6.45, 7) is 4.38. The van der Waals surface area contributed by atoms with Crippen LogP contribution in [0.25, 0.3) is 5.76 Å². The van der Waals surface area contributed by atoms with Crippen molar-refractivity contribution in [1.82, 2.24) is 4.98 Å². The van der Waals surface area contributed by atoms with Gasteiger partial charge in [0.25, 0.3) is 11.7 Å². The first kappa shape index (κ1) is 21.3. The number of amides is 1. The molecule has 1 aromatic heterocycles. The number of hydrogen-bond acceptors (Lipinski definition) is 5. The zero-order valence-electron chi connectivity index (χ0n) is 18.0. The number of aromatic nitrogens is 1. The average molecular weight is 428 g/mol. The third kappa shape index (κ3) is 3.87. The van der Waals surface area contributed by atoms with E-state index < -0.39 is 17.7 Å². The fourth-order valence-electron chi connectivity index (χ4n) is 3.86. The quantitative estimate of drug-likeness (QED) is 0.351. The number of pyridine rings is 1. The van der Waals surface area contributed by atoms with Gasteiger partial charge < -0.3 is 9.84 Å². The zero-order chi connectivity index (χ0) is 22.7. The Morgan fingerprint density at radius 3 is 2.47 bits per heavy atom. The van der Waals surface area contributed by atoms with Crippen molar-refractivity contribution < 1.29 is 19.4 Å². The van der Waals surface area contributed by atoms with Crippen molar-refractivity contribution >= 4 is 23.1 Å². The number of anilines is 1. The third-order valence-electron chi connectivity index (χ3n) is 5.45. The molecule has 2 aromatic carbocycles. The predicted octanol–water partition coefficient (Wildman–Crippen LogP) is 4.67. The number of benzene rings is 2. The Kier molecular flexibility index (Phi) is 6.03. The van der Waals surface area contributed by atoms with Gasteiger partial charge in [-0.3, -0.25) is 19.5 Å². The van der Waals surface area contributed by atoms with Crippen molar-refractivity contribution in [2.75, 3.05) is 11.5 Å². The molecule has 1 fully saturated rings. The van der Waals surface area contributed by atoms with Crippen LogP contribution in [0.5, 0.6) is 5.75 Å². The van der Waals surface area contributed by atoms with Gasteiger partial charge in [-0.25, -0.2) is 0 Å². The van der Waals surface area contributed by atoms with Gasteiger partial charge in [0.05, 0.1) is 17.9 Å². The smallest absolute Gasteiger partial charge is 0.300 e. The molecule has 1 aliphatic rings. The molecule has 0 saturated carbocycles. The summed E-state index contributed by atoms with van der Waals surface area (Å²) in [5.74, 6) is -1.10. The van der Waals surface area contributed by atoms with Crippen molar-refractivity contribution in [2.24, 2.45) is 0 Å². The molecule has 3 aromatic rings. The van der Waals surface area contributed by atoms with Crippen LogP contribution in [-0.2, 0) is 16.0 Å². The van der Waals surface area contributed by atoms with E-state index in [9.17, 15) is 14.7 Å². The van der Waals surface area contributed by atoms with E-state index in [1.807, 2.05) is 26.0 Å². The second-order valence-electron chi connectivity index (χ2n) is 7.40. The first-order chi connectivity index (χ1) is 15.5. The van der Waals surface area contributed by atoms with Crippen LogP contribution in [-0.4, -0.2) is 28.4 Å². The summed E-state index contributed by atoms with van der Waals surface area (Å²) in [4.78, 5) is 32.1. The lowest BCUT2D eigenvalue weighted by atomic mass is 9.97. The molecule has 1 atom stereocenters. The van der Waals surface area contributed by atoms with E-state index in [-0.39, 0.29) is 11.3 Å². The Labute approximate surface area is 186 Å². The predicted molar refractivity (Wildman–Crippen MR) is 122 cm³/mol. The lowest BCUT2D eigenvalue weighted by Gasteiger charge is -2.25. The SMILES string of the molecule is CCOc1cccc(N2C(=O)C(=O)/C(=C(/O)c3ccc(CC)cc3)C2c2ccccn2)c1. The number of hydrogen-bond donors (Lipinski definition) is 1. The highest BCUT2D eigenvalue weighted by molar-refractivity contribution is 6.51. The molecule has 2 heterocycles. The number of aryl methyl sites for hydroxylation is 1. The van der Waals surface area contributed by atoms with Crippen LogP contribution in [0.2, 0.25) is 0 Å². The van der Waals surface area contributed by atoms with Gasteiger partial charge in [-0.1, -0.05) is 43.3 Å². The number of aliphatic hydroxyl groups is 1. The van der Waals surface area contributed by atoms with E-state index in [2.05, 4.69) is 4.98 Å². The summed E-state index contributed by atoms with van der Waals surface area (Å²) in [6.07, 6.45) is 2.46. The highest BCUT2D eigenvalue weighted by Gasteiger charge is 2.47. The maximum absolute atomic E-state index is 13.2. The van der Waals surface area contributed by atoms with Crippen molar-refractivity contribution in [3.05, 3.63) is 95.3 Å². The Morgan fingerprint density at radius 1 is 1.03 bits per heavy atom. The van der Waals surface area contributed by atoms with Crippen LogP contribution in [0.1, 0.15) is 36.7 Å². The number of nitrogens with zero attached hydrogens (tertiary/aromatic N) is 2. The largest absolute Gasteiger partial charge is 0.507 e. The molecule has 6 nitrogen and oxygen atoms in total. The summed E-state index contributed by atoms with van der Waals surface area (Å²) in [7, 11) is 0. The minimum absolute atomic E-state index is 0.0137. The van der Waals surface area contributed by atoms with Crippen LogP contribution in [0.3, 0.4) is 0 Å². The highest BCUT2D eigenvalue weighted by Crippen LogP contribution is 2.42. The van der Waals surface area contributed by atoms with Crippen LogP contribution in [0, 0.1) is 0 Å². The molecular formula is C26H24N2O4. The van der Waals surface area contributed by atoms with Crippen LogP contribution in [0.15, 0.2) is 78.5 Å². The lowest BCUT2D eigenvalue weighted by Crippen LogP contribution is -2.29. The van der Waals surface area contributed by atoms with Gasteiger partial charge >= 0.3 is 0 Å². The molecule has 1 amide bonds. The van der Waals surface area contributed by atoms with Gasteiger partial charge in [0.15, 0.2) is 0 Å². The lowest BCUT2D eigenvalue weighted by molar-refractivity contribution is -0.132. The topological polar surface area (TPSA) is 79.7 Å². The van der Waals surface area contributed by atoms with Crippen LogP contribution < -0.4 is 9.64 Å². The molecule has 4 rings (SSSR count). The number of aliphatic hydroxyl groups excluding tert-OH is 1. The first-order valence-electron chi connectivity index (χ1n) is 10.6. The summed E-state index contributed by atoms with van der Waals surface area (Å²) in [5.41, 5.74) is 2.58. The molecule has 1 N–H and O–H groups in total. The molecule has 1 aliphatic heterocycles. The number of rotatable bonds is 6. The normalized spacial score (nSPS) is 17.6. The summed E-state index contributed by atoms with van der Waals surface area (Å²) < 4.78 is 5.57. The maximum atomic E-state index is 13.2. The Hall–Kier alpha value is -3.93. The second-order valence-corrected chi connectivity index (χ2v) is 7.40. The molecule has 1 unspecified atom stereocenters. The van der Waals surface area contributed by atoms with E-state index in [4.69, 9.17) is 4.74 Å². The Bertz CT molecular complexity index is 1170. The van der Waals surface area contributed by atoms with E-state index in [0.717, 1.165) is 12.0 Å². The van der Waals surface area contributed by atoms with Crippen LogP contribution >= 0.6 is 0 Å². The van der Waals surface area contributed by atoms with Gasteiger partial charge in [-0.05, 0) is 43.2 Å². The molecule has 162 valence electrons. The Morgan fingerprint density at radius 2 is 1.81 bits per heavy atom. The summed E-state index contributed by atoms with van der Waals surface area (Å²) in [5, 5.41) is 11.1. The Balaban J connectivity index is 1.89. The van der Waals surface area contributed by atoms with E-state index >= 15 is 0 Å². The molecule has 0 radical (unpaired) electrons. The number of Topliss-reactive ketones (excluding diaryl/α,β-unsaturated/α-hetero) is 1.